The molecule has 1 saturated heterocycles. The summed E-state index contributed by atoms with van der Waals surface area (Å²) in [5.74, 6) is -0.394. The van der Waals surface area contributed by atoms with Gasteiger partial charge in [-0.15, -0.1) is 0 Å². The van der Waals surface area contributed by atoms with Crippen LogP contribution in [0.3, 0.4) is 0 Å². The first-order chi connectivity index (χ1) is 11.7. The highest BCUT2D eigenvalue weighted by Gasteiger charge is 2.32. The molecule has 3 atom stereocenters. The summed E-state index contributed by atoms with van der Waals surface area (Å²) in [4.78, 5) is 12.5. The largest absolute Gasteiger partial charge is 0.366 e. The van der Waals surface area contributed by atoms with Gasteiger partial charge in [-0.25, -0.2) is 8.42 Å². The van der Waals surface area contributed by atoms with Gasteiger partial charge in [0.05, 0.1) is 17.5 Å². The van der Waals surface area contributed by atoms with Crippen molar-refractivity contribution in [3.8, 4) is 0 Å². The zero-order valence-corrected chi connectivity index (χ0v) is 15.7. The summed E-state index contributed by atoms with van der Waals surface area (Å²) >= 11 is 5.78. The fraction of sp³-hybridized carbons (Fsp3) is 0.562. The van der Waals surface area contributed by atoms with Crippen LogP contribution in [0.25, 0.3) is 0 Å². The number of hydrogen-bond acceptors (Lipinski definition) is 5. The number of hydrogen-bond donors (Lipinski definition) is 3. The molecule has 1 aromatic carbocycles. The predicted octanol–water partition coefficient (Wildman–Crippen LogP) is 1.26. The van der Waals surface area contributed by atoms with E-state index < -0.39 is 34.3 Å². The lowest BCUT2D eigenvalue weighted by Crippen LogP contribution is -2.51. The van der Waals surface area contributed by atoms with Gasteiger partial charge in [0.1, 0.15) is 6.04 Å². The van der Waals surface area contributed by atoms with E-state index in [-0.39, 0.29) is 10.8 Å². The van der Waals surface area contributed by atoms with Crippen LogP contribution in [0.2, 0.25) is 5.02 Å². The van der Waals surface area contributed by atoms with E-state index in [0.717, 1.165) is 0 Å². The Morgan fingerprint density at radius 2 is 2.00 bits per heavy atom. The summed E-state index contributed by atoms with van der Waals surface area (Å²) in [7, 11) is -3.88. The van der Waals surface area contributed by atoms with Gasteiger partial charge in [0, 0.05) is 5.02 Å². The van der Waals surface area contributed by atoms with E-state index in [9.17, 15) is 18.3 Å². The second-order valence-electron chi connectivity index (χ2n) is 6.42. The molecule has 1 fully saturated rings. The molecule has 1 aromatic rings. The maximum Gasteiger partial charge on any atom is 0.241 e. The van der Waals surface area contributed by atoms with Gasteiger partial charge in [-0.3, -0.25) is 4.79 Å². The van der Waals surface area contributed by atoms with Crippen LogP contribution in [0.5, 0.6) is 0 Å². The number of aliphatic hydroxyl groups excluding tert-OH is 1. The lowest BCUT2D eigenvalue weighted by molar-refractivity contribution is -0.127. The molecule has 2 rings (SSSR count). The van der Waals surface area contributed by atoms with Gasteiger partial charge in [0.2, 0.25) is 15.9 Å². The molecule has 1 heterocycles. The first kappa shape index (κ1) is 20.1. The fourth-order valence-corrected chi connectivity index (χ4v) is 3.88. The van der Waals surface area contributed by atoms with Crippen molar-refractivity contribution in [2.45, 2.75) is 50.0 Å². The summed E-state index contributed by atoms with van der Waals surface area (Å²) in [6.07, 6.45) is -0.273. The third-order valence-corrected chi connectivity index (χ3v) is 5.57. The van der Waals surface area contributed by atoms with Crippen LogP contribution in [0.15, 0.2) is 29.2 Å². The summed E-state index contributed by atoms with van der Waals surface area (Å²) in [5.41, 5.74) is 0. The van der Waals surface area contributed by atoms with Gasteiger partial charge in [-0.1, -0.05) is 25.4 Å². The number of halogens is 1. The van der Waals surface area contributed by atoms with Gasteiger partial charge >= 0.3 is 0 Å². The van der Waals surface area contributed by atoms with Crippen molar-refractivity contribution in [2.75, 3.05) is 6.61 Å². The van der Waals surface area contributed by atoms with E-state index in [4.69, 9.17) is 16.3 Å². The summed E-state index contributed by atoms with van der Waals surface area (Å²) in [5, 5.41) is 12.7. The Kier molecular flexibility index (Phi) is 6.81. The zero-order chi connectivity index (χ0) is 18.6. The molecule has 0 spiro atoms. The van der Waals surface area contributed by atoms with Crippen LogP contribution < -0.4 is 10.0 Å². The van der Waals surface area contributed by atoms with Crippen LogP contribution in [-0.4, -0.2) is 44.4 Å². The molecule has 0 saturated carbocycles. The minimum Gasteiger partial charge on any atom is -0.366 e. The number of sulfonamides is 1. The molecular weight excluding hydrogens is 368 g/mol. The Labute approximate surface area is 152 Å². The second kappa shape index (κ2) is 8.46. The van der Waals surface area contributed by atoms with Crippen molar-refractivity contribution < 1.29 is 23.1 Å². The average Bonchev–Trinajstić information content (AvgIpc) is 2.91. The van der Waals surface area contributed by atoms with E-state index in [1.54, 1.807) is 0 Å². The number of carbonyl (C=O) groups excluding carboxylic acids is 1. The van der Waals surface area contributed by atoms with Crippen molar-refractivity contribution in [2.24, 2.45) is 5.92 Å². The number of aliphatic hydroxyl groups is 1. The van der Waals surface area contributed by atoms with Gasteiger partial charge in [0.15, 0.2) is 6.29 Å². The van der Waals surface area contributed by atoms with Crippen LogP contribution >= 0.6 is 11.6 Å². The molecule has 1 aliphatic rings. The Balaban J connectivity index is 2.13. The highest BCUT2D eigenvalue weighted by Crippen LogP contribution is 2.17. The molecule has 0 aromatic heterocycles. The molecule has 1 amide bonds. The molecule has 0 radical (unpaired) electrons. The van der Waals surface area contributed by atoms with Gasteiger partial charge in [-0.05, 0) is 43.0 Å². The first-order valence-corrected chi connectivity index (χ1v) is 9.93. The molecule has 25 heavy (non-hydrogen) atoms. The maximum atomic E-state index is 12.5. The molecule has 1 aliphatic heterocycles. The Morgan fingerprint density at radius 1 is 1.36 bits per heavy atom. The molecule has 9 heteroatoms. The number of ether oxygens (including phenoxy) is 1. The van der Waals surface area contributed by atoms with E-state index in [1.165, 1.54) is 24.3 Å². The summed E-state index contributed by atoms with van der Waals surface area (Å²) < 4.78 is 32.5. The molecule has 3 unspecified atom stereocenters. The average molecular weight is 391 g/mol. The van der Waals surface area contributed by atoms with Crippen LogP contribution in [-0.2, 0) is 19.6 Å². The molecular formula is C16H23ClN2O5S. The van der Waals surface area contributed by atoms with E-state index in [1.807, 2.05) is 13.8 Å². The zero-order valence-electron chi connectivity index (χ0n) is 14.1. The molecule has 3 N–H and O–H groups in total. The van der Waals surface area contributed by atoms with Gasteiger partial charge < -0.3 is 15.2 Å². The highest BCUT2D eigenvalue weighted by atomic mass is 35.5. The second-order valence-corrected chi connectivity index (χ2v) is 8.57. The van der Waals surface area contributed by atoms with E-state index in [0.29, 0.717) is 24.5 Å². The van der Waals surface area contributed by atoms with Crippen molar-refractivity contribution in [3.05, 3.63) is 29.3 Å². The van der Waals surface area contributed by atoms with E-state index >= 15 is 0 Å². The SMILES string of the molecule is CC(C)CC(NS(=O)(=O)c1ccc(Cl)cc1)C(=O)NC1CCOC1O. The van der Waals surface area contributed by atoms with Crippen LogP contribution in [0, 0.1) is 5.92 Å². The molecule has 140 valence electrons. The highest BCUT2D eigenvalue weighted by molar-refractivity contribution is 7.89. The molecule has 0 bridgehead atoms. The van der Waals surface area contributed by atoms with Crippen molar-refractivity contribution in [1.29, 1.82) is 0 Å². The molecule has 0 aliphatic carbocycles. The van der Waals surface area contributed by atoms with Crippen molar-refractivity contribution in [3.63, 3.8) is 0 Å². The number of nitrogens with one attached hydrogen (secondary N) is 2. The number of carbonyl (C=O) groups is 1. The Bertz CT molecular complexity index is 693. The quantitative estimate of drug-likeness (QED) is 0.650. The Morgan fingerprint density at radius 3 is 2.52 bits per heavy atom. The molecule has 7 nitrogen and oxygen atoms in total. The predicted molar refractivity (Wildman–Crippen MR) is 93.5 cm³/mol. The van der Waals surface area contributed by atoms with Crippen molar-refractivity contribution in [1.82, 2.24) is 10.0 Å². The standard InChI is InChI=1S/C16H23ClN2O5S/c1-10(2)9-14(15(20)18-13-7-8-24-16(13)21)19-25(22,23)12-5-3-11(17)4-6-12/h3-6,10,13-14,16,19,21H,7-9H2,1-2H3,(H,18,20). The summed E-state index contributed by atoms with van der Waals surface area (Å²) in [6, 6.07) is 4.21. The number of amides is 1. The topological polar surface area (TPSA) is 105 Å². The summed E-state index contributed by atoms with van der Waals surface area (Å²) in [6.45, 7) is 4.13. The lowest BCUT2D eigenvalue weighted by atomic mass is 10.0. The maximum absolute atomic E-state index is 12.5. The lowest BCUT2D eigenvalue weighted by Gasteiger charge is -2.23. The van der Waals surface area contributed by atoms with Crippen molar-refractivity contribution >= 4 is 27.5 Å². The smallest absolute Gasteiger partial charge is 0.241 e. The number of benzene rings is 1. The monoisotopic (exact) mass is 390 g/mol. The Hall–Kier alpha value is -1.19. The number of rotatable bonds is 7. The third-order valence-electron chi connectivity index (χ3n) is 3.83. The van der Waals surface area contributed by atoms with E-state index in [2.05, 4.69) is 10.0 Å². The van der Waals surface area contributed by atoms with Gasteiger partial charge in [0.25, 0.3) is 0 Å². The third kappa shape index (κ3) is 5.65. The minimum atomic E-state index is -3.88. The minimum absolute atomic E-state index is 0.0303. The normalized spacial score (nSPS) is 22.1. The first-order valence-electron chi connectivity index (χ1n) is 8.07. The van der Waals surface area contributed by atoms with Crippen LogP contribution in [0.4, 0.5) is 0 Å². The fourth-order valence-electron chi connectivity index (χ4n) is 2.55. The van der Waals surface area contributed by atoms with Gasteiger partial charge in [-0.2, -0.15) is 4.72 Å². The van der Waals surface area contributed by atoms with Crippen LogP contribution in [0.1, 0.15) is 26.7 Å².